The molecule has 6 aliphatic rings. The van der Waals surface area contributed by atoms with Crippen molar-refractivity contribution in [2.45, 2.75) is 312 Å². The first kappa shape index (κ1) is 63.9. The second kappa shape index (κ2) is 29.6. The molecule has 0 aliphatic carbocycles. The van der Waals surface area contributed by atoms with E-state index in [1.54, 1.807) is 20.8 Å². The third-order valence-electron chi connectivity index (χ3n) is 15.7. The van der Waals surface area contributed by atoms with Gasteiger partial charge in [-0.05, 0) is 60.3 Å². The first-order chi connectivity index (χ1) is 36.6. The summed E-state index contributed by atoms with van der Waals surface area (Å²) < 4.78 is 80.9. The molecule has 0 amide bonds. The normalized spacial score (nSPS) is 45.5. The Hall–Kier alpha value is -2.31. The van der Waals surface area contributed by atoms with Crippen molar-refractivity contribution in [2.24, 2.45) is 5.92 Å². The molecule has 0 aromatic rings. The fraction of sp³-hybridized carbons (Fsp3) is 0.943. The highest BCUT2D eigenvalue weighted by Crippen LogP contribution is 2.39. The van der Waals surface area contributed by atoms with E-state index in [1.807, 2.05) is 0 Å². The molecule has 6 rings (SSSR count). The van der Waals surface area contributed by atoms with E-state index >= 15 is 0 Å². The Morgan fingerprint density at radius 3 is 1.73 bits per heavy atom. The van der Waals surface area contributed by atoms with Gasteiger partial charge in [0.15, 0.2) is 49.8 Å². The molecule has 24 nitrogen and oxygen atoms in total. The van der Waals surface area contributed by atoms with Gasteiger partial charge in [-0.1, -0.05) is 78.6 Å². The second-order valence-corrected chi connectivity index (χ2v) is 21.9. The van der Waals surface area contributed by atoms with Gasteiger partial charge in [0.25, 0.3) is 0 Å². The third-order valence-corrected chi connectivity index (χ3v) is 15.7. The van der Waals surface area contributed by atoms with Crippen LogP contribution in [-0.4, -0.2) is 218 Å². The molecule has 0 aromatic heterocycles. The van der Waals surface area contributed by atoms with Crippen molar-refractivity contribution in [1.82, 2.24) is 0 Å². The molecule has 0 saturated carbocycles. The number of hydrogen-bond acceptors (Lipinski definition) is 24. The van der Waals surface area contributed by atoms with Crippen LogP contribution >= 0.6 is 0 Å². The van der Waals surface area contributed by atoms with Crippen molar-refractivity contribution in [3.63, 3.8) is 0 Å². The average molecular weight is 1110 g/mol. The van der Waals surface area contributed by atoms with Gasteiger partial charge in [0.2, 0.25) is 0 Å². The van der Waals surface area contributed by atoms with Crippen molar-refractivity contribution in [3.05, 3.63) is 0 Å². The van der Waals surface area contributed by atoms with Crippen LogP contribution in [0.2, 0.25) is 0 Å². The van der Waals surface area contributed by atoms with E-state index in [-0.39, 0.29) is 12.5 Å². The molecule has 77 heavy (non-hydrogen) atoms. The van der Waals surface area contributed by atoms with Gasteiger partial charge in [0.1, 0.15) is 73.2 Å². The predicted octanol–water partition coefficient (Wildman–Crippen LogP) is 1.43. The number of unbranched alkanes of at least 4 members (excludes halogenated alkanes) is 2. The lowest BCUT2D eigenvalue weighted by atomic mass is 9.95. The van der Waals surface area contributed by atoms with Crippen molar-refractivity contribution in [2.75, 3.05) is 0 Å². The zero-order valence-electron chi connectivity index (χ0n) is 46.1. The van der Waals surface area contributed by atoms with Gasteiger partial charge in [0.05, 0.1) is 42.5 Å². The van der Waals surface area contributed by atoms with Crippen LogP contribution in [-0.2, 0) is 76.0 Å². The molecule has 2 bridgehead atoms. The molecule has 0 aromatic carbocycles. The van der Waals surface area contributed by atoms with Crippen molar-refractivity contribution >= 4 is 17.9 Å². The van der Waals surface area contributed by atoms with E-state index in [4.69, 9.17) is 61.6 Å². The van der Waals surface area contributed by atoms with Gasteiger partial charge in [-0.3, -0.25) is 14.4 Å². The standard InChI is InChI=1S/C53H90O24/c1-10-12-18-21-31-22-19-16-14-13-15-17-20-23-32(55)72-44-40(63)51(76-45-36(59)34(57)26(5)66-52(45)71-31)68-28(7)42(44)75-53-47(73-48(64)24(3)11-2)46(77-49-38(61)35(58)33(56)25(4)65-49)43(29(8)69-53)74-50-39(62)37(60)41(27(6)67-50)70-30(9)54/h24-29,31,33-47,49-53,56-63H,10-23H2,1-9H3/t24-,25+,26-,27+,28+,29+,31?,33+,34+,35-,36+,37+,38-,39-,40-,41+,42+,43+,44+,45-,46-,47-,49+,50+,51+,52+,53+/m1/s1. The summed E-state index contributed by atoms with van der Waals surface area (Å²) in [6.07, 6.45) is -27.7. The fourth-order valence-corrected chi connectivity index (χ4v) is 10.7. The molecule has 6 saturated heterocycles. The van der Waals surface area contributed by atoms with E-state index < -0.39 is 177 Å². The van der Waals surface area contributed by atoms with E-state index in [0.717, 1.165) is 71.1 Å². The maximum atomic E-state index is 14.0. The van der Waals surface area contributed by atoms with Gasteiger partial charge >= 0.3 is 17.9 Å². The van der Waals surface area contributed by atoms with Crippen LogP contribution in [0.25, 0.3) is 0 Å². The summed E-state index contributed by atoms with van der Waals surface area (Å²) in [6, 6.07) is 0. The lowest BCUT2D eigenvalue weighted by molar-refractivity contribution is -0.399. The number of fused-ring (bicyclic) bond motifs is 3. The number of carbonyl (C=O) groups is 3. The molecule has 6 fully saturated rings. The minimum Gasteiger partial charge on any atom is -0.457 e. The van der Waals surface area contributed by atoms with Gasteiger partial charge in [-0.2, -0.15) is 0 Å². The second-order valence-electron chi connectivity index (χ2n) is 21.9. The Morgan fingerprint density at radius 1 is 0.519 bits per heavy atom. The molecule has 446 valence electrons. The SMILES string of the molecule is CCCCCC1CCCCCCCCCC(=O)O[C@H]2[C@@H](O)[C@H](O[C@H]3[C@H](O1)O[C@H](C)[C@H](O)[C@@H]3O)O[C@@H](C)[C@@H]2O[C@@H]1O[C@@H](C)[C@H](O[C@@H]2O[C@@H](C)[C@H](OC(C)=O)[C@@H](O)[C@H]2O)[C@@H](O[C@@H]2O[C@@H](C)[C@H](O)[C@@H](O)[C@H]2O)[C@H]1OC(=O)[C@H](C)CC. The molecule has 27 atom stereocenters. The zero-order valence-corrected chi connectivity index (χ0v) is 46.1. The highest BCUT2D eigenvalue weighted by Gasteiger charge is 2.58. The Labute approximate surface area is 451 Å². The van der Waals surface area contributed by atoms with Crippen LogP contribution in [0.5, 0.6) is 0 Å². The highest BCUT2D eigenvalue weighted by atomic mass is 16.8. The number of ether oxygens (including phenoxy) is 13. The van der Waals surface area contributed by atoms with Crippen LogP contribution in [0.3, 0.4) is 0 Å². The smallest absolute Gasteiger partial charge is 0.309 e. The minimum atomic E-state index is -1.91. The Kier molecular flexibility index (Phi) is 24.6. The van der Waals surface area contributed by atoms with Crippen molar-refractivity contribution in [3.8, 4) is 0 Å². The molecule has 0 radical (unpaired) electrons. The molecular weight excluding hydrogens is 1020 g/mol. The largest absolute Gasteiger partial charge is 0.457 e. The van der Waals surface area contributed by atoms with Gasteiger partial charge < -0.3 is 102 Å². The van der Waals surface area contributed by atoms with Crippen LogP contribution in [0, 0.1) is 5.92 Å². The Balaban J connectivity index is 1.36. The fourth-order valence-electron chi connectivity index (χ4n) is 10.7. The minimum absolute atomic E-state index is 0.0287. The zero-order chi connectivity index (χ0) is 56.4. The van der Waals surface area contributed by atoms with Crippen molar-refractivity contribution < 1.29 is 117 Å². The van der Waals surface area contributed by atoms with E-state index in [9.17, 15) is 55.2 Å². The van der Waals surface area contributed by atoms with Crippen molar-refractivity contribution in [1.29, 1.82) is 0 Å². The topological polar surface area (TPSA) is 333 Å². The first-order valence-corrected chi connectivity index (χ1v) is 28.1. The quantitative estimate of drug-likeness (QED) is 0.0693. The Bertz CT molecular complexity index is 1820. The first-order valence-electron chi connectivity index (χ1n) is 28.1. The van der Waals surface area contributed by atoms with Crippen LogP contribution < -0.4 is 0 Å². The lowest BCUT2D eigenvalue weighted by Crippen LogP contribution is -2.68. The third kappa shape index (κ3) is 16.2. The van der Waals surface area contributed by atoms with Crippen LogP contribution in [0.15, 0.2) is 0 Å². The summed E-state index contributed by atoms with van der Waals surface area (Å²) in [5.74, 6) is -2.98. The number of aliphatic hydroxyl groups excluding tert-OH is 8. The summed E-state index contributed by atoms with van der Waals surface area (Å²) in [5, 5.41) is 90.4. The molecular formula is C53H90O24. The molecule has 24 heteroatoms. The van der Waals surface area contributed by atoms with E-state index in [2.05, 4.69) is 6.92 Å². The van der Waals surface area contributed by atoms with Crippen LogP contribution in [0.1, 0.15) is 152 Å². The van der Waals surface area contributed by atoms with E-state index in [1.165, 1.54) is 27.7 Å². The highest BCUT2D eigenvalue weighted by molar-refractivity contribution is 5.72. The lowest BCUT2D eigenvalue weighted by Gasteiger charge is -2.51. The Morgan fingerprint density at radius 2 is 1.06 bits per heavy atom. The average Bonchev–Trinajstić information content (AvgIpc) is 3.41. The summed E-state index contributed by atoms with van der Waals surface area (Å²) >= 11 is 0. The number of esters is 3. The van der Waals surface area contributed by atoms with Gasteiger partial charge in [-0.15, -0.1) is 0 Å². The molecule has 8 N–H and O–H groups in total. The van der Waals surface area contributed by atoms with Gasteiger partial charge in [0, 0.05) is 13.3 Å². The molecule has 0 spiro atoms. The molecule has 6 heterocycles. The maximum absolute atomic E-state index is 14.0. The van der Waals surface area contributed by atoms with Crippen LogP contribution in [0.4, 0.5) is 0 Å². The number of aliphatic hydroxyl groups is 8. The van der Waals surface area contributed by atoms with E-state index in [0.29, 0.717) is 19.3 Å². The summed E-state index contributed by atoms with van der Waals surface area (Å²) in [4.78, 5) is 39.8. The number of rotatable bonds is 14. The number of carbonyl (C=O) groups excluding carboxylic acids is 3. The predicted molar refractivity (Wildman–Crippen MR) is 265 cm³/mol. The molecule has 1 unspecified atom stereocenters. The monoisotopic (exact) mass is 1110 g/mol. The molecule has 6 aliphatic heterocycles. The summed E-state index contributed by atoms with van der Waals surface area (Å²) in [6.45, 7) is 14.1. The maximum Gasteiger partial charge on any atom is 0.309 e. The summed E-state index contributed by atoms with van der Waals surface area (Å²) in [5.41, 5.74) is 0. The van der Waals surface area contributed by atoms with Gasteiger partial charge in [-0.25, -0.2) is 0 Å². The summed E-state index contributed by atoms with van der Waals surface area (Å²) in [7, 11) is 0. The number of hydrogen-bond donors (Lipinski definition) is 8.